The molecule has 0 unspecified atom stereocenters. The molecule has 0 spiro atoms. The summed E-state index contributed by atoms with van der Waals surface area (Å²) in [6.07, 6.45) is 2.95. The minimum absolute atomic E-state index is 0. The molecule has 6 nitrogen and oxygen atoms in total. The van der Waals surface area contributed by atoms with Crippen molar-refractivity contribution < 1.29 is 49.5 Å². The summed E-state index contributed by atoms with van der Waals surface area (Å²) in [5.41, 5.74) is 1.59. The molecule has 0 saturated heterocycles. The summed E-state index contributed by atoms with van der Waals surface area (Å²) in [5.74, 6) is -2.20. The molecule has 140 valence electrons. The van der Waals surface area contributed by atoms with Gasteiger partial charge in [-0.25, -0.2) is 0 Å². The maximum absolute atomic E-state index is 10.6. The Morgan fingerprint density at radius 2 is 1.11 bits per heavy atom. The van der Waals surface area contributed by atoms with Crippen LogP contribution >= 0.6 is 0 Å². The van der Waals surface area contributed by atoms with Gasteiger partial charge in [-0.15, -0.1) is 0 Å². The van der Waals surface area contributed by atoms with Crippen LogP contribution in [0.3, 0.4) is 0 Å². The molecule has 0 radical (unpaired) electrons. The molecule has 27 heavy (non-hydrogen) atoms. The number of carboxylic acids is 2. The number of benzene rings is 2. The van der Waals surface area contributed by atoms with E-state index in [1.54, 1.807) is 0 Å². The molecule has 7 heteroatoms. The topological polar surface area (TPSA) is 121 Å². The van der Waals surface area contributed by atoms with Crippen molar-refractivity contribution in [2.75, 3.05) is 0 Å². The van der Waals surface area contributed by atoms with Crippen LogP contribution in [0, 0.1) is 0 Å². The molecule has 0 fully saturated rings. The minimum Gasteiger partial charge on any atom is -0.545 e. The summed E-state index contributed by atoms with van der Waals surface area (Å²) < 4.78 is 0. The van der Waals surface area contributed by atoms with Crippen LogP contribution < -0.4 is 10.2 Å². The second-order valence-electron chi connectivity index (χ2n) is 5.76. The van der Waals surface area contributed by atoms with E-state index in [-0.39, 0.29) is 42.1 Å². The van der Waals surface area contributed by atoms with Crippen LogP contribution in [-0.2, 0) is 32.3 Å². The van der Waals surface area contributed by atoms with Crippen molar-refractivity contribution >= 4 is 11.9 Å². The van der Waals surface area contributed by atoms with E-state index in [0.717, 1.165) is 12.8 Å². The molecule has 0 aromatic heterocycles. The van der Waals surface area contributed by atoms with Crippen molar-refractivity contribution in [3.05, 3.63) is 58.7 Å². The van der Waals surface area contributed by atoms with Gasteiger partial charge >= 0.3 is 19.5 Å². The first kappa shape index (κ1) is 24.6. The van der Waals surface area contributed by atoms with Gasteiger partial charge in [0.15, 0.2) is 0 Å². The first-order valence-electron chi connectivity index (χ1n) is 8.36. The fourth-order valence-electron chi connectivity index (χ4n) is 2.51. The number of carbonyl (C=O) groups is 2. The second-order valence-corrected chi connectivity index (χ2v) is 5.76. The monoisotopic (exact) mass is 422 g/mol. The van der Waals surface area contributed by atoms with Crippen LogP contribution in [0.5, 0.6) is 11.5 Å². The summed E-state index contributed by atoms with van der Waals surface area (Å²) in [5, 5.41) is 39.5. The molecule has 0 saturated carbocycles. The van der Waals surface area contributed by atoms with Crippen molar-refractivity contribution in [2.24, 2.45) is 0 Å². The van der Waals surface area contributed by atoms with Gasteiger partial charge in [0.2, 0.25) is 0 Å². The Hall–Kier alpha value is -2.40. The predicted molar refractivity (Wildman–Crippen MR) is 92.9 cm³/mol. The van der Waals surface area contributed by atoms with Crippen LogP contribution in [0.2, 0.25) is 0 Å². The number of carboxylic acid groups (broad SMARTS) is 2. The number of rotatable bonds is 6. The van der Waals surface area contributed by atoms with E-state index in [4.69, 9.17) is 10.2 Å². The van der Waals surface area contributed by atoms with Crippen molar-refractivity contribution in [1.29, 1.82) is 0 Å². The van der Waals surface area contributed by atoms with Gasteiger partial charge in [-0.2, -0.15) is 0 Å². The Balaban J connectivity index is 0.000000483. The summed E-state index contributed by atoms with van der Waals surface area (Å²) in [4.78, 5) is 21.2. The zero-order chi connectivity index (χ0) is 19.7. The molecule has 2 aromatic carbocycles. The number of aromatic carboxylic acids is 2. The third kappa shape index (κ3) is 7.79. The van der Waals surface area contributed by atoms with Crippen molar-refractivity contribution in [3.8, 4) is 11.5 Å². The quantitative estimate of drug-likeness (QED) is 0.678. The number of phenols is 2. The molecule has 0 aliphatic carbocycles. The Kier molecular flexibility index (Phi) is 11.0. The van der Waals surface area contributed by atoms with E-state index in [1.165, 1.54) is 36.4 Å². The van der Waals surface area contributed by atoms with Crippen LogP contribution in [0.15, 0.2) is 36.4 Å². The van der Waals surface area contributed by atoms with E-state index in [0.29, 0.717) is 24.0 Å². The fraction of sp³-hybridized carbons (Fsp3) is 0.300. The van der Waals surface area contributed by atoms with E-state index in [9.17, 15) is 19.8 Å². The zero-order valence-corrected chi connectivity index (χ0v) is 18.5. The van der Waals surface area contributed by atoms with Gasteiger partial charge in [-0.05, 0) is 60.4 Å². The fourth-order valence-corrected chi connectivity index (χ4v) is 2.51. The van der Waals surface area contributed by atoms with Gasteiger partial charge in [-0.1, -0.05) is 26.7 Å². The molecule has 0 amide bonds. The van der Waals surface area contributed by atoms with Gasteiger partial charge in [0.05, 0.1) is 11.9 Å². The van der Waals surface area contributed by atoms with Gasteiger partial charge in [0.25, 0.3) is 0 Å². The maximum atomic E-state index is 10.6. The number of aryl methyl sites for hydroxylation is 2. The third-order valence-corrected chi connectivity index (χ3v) is 3.66. The van der Waals surface area contributed by atoms with Crippen LogP contribution in [-0.4, -0.2) is 22.2 Å². The Morgan fingerprint density at radius 1 is 0.778 bits per heavy atom. The molecular weight excluding hydrogens is 402 g/mol. The van der Waals surface area contributed by atoms with Crippen molar-refractivity contribution in [1.82, 2.24) is 0 Å². The van der Waals surface area contributed by atoms with Crippen molar-refractivity contribution in [2.45, 2.75) is 39.5 Å². The first-order valence-corrected chi connectivity index (χ1v) is 8.36. The van der Waals surface area contributed by atoms with Gasteiger partial charge in [0, 0.05) is 11.1 Å². The number of phenolic OH excluding ortho intramolecular Hbond substituents is 2. The molecule has 2 aromatic rings. The smallest absolute Gasteiger partial charge is 0.545 e. The van der Waals surface area contributed by atoms with E-state index < -0.39 is 11.9 Å². The molecular formula is C20H22O6Zn. The Labute approximate surface area is 171 Å². The summed E-state index contributed by atoms with van der Waals surface area (Å²) in [6.45, 7) is 3.90. The summed E-state index contributed by atoms with van der Waals surface area (Å²) in [7, 11) is 0. The predicted octanol–water partition coefficient (Wildman–Crippen LogP) is 1.41. The van der Waals surface area contributed by atoms with Crippen LogP contribution in [0.4, 0.5) is 0 Å². The standard InChI is InChI=1S/2C10H12O3.Zn/c2*1-2-3-7-6-8(11)4-5-9(7)10(12)13;/h2*4-6,11H,2-3H2,1H3,(H,12,13);/q;;+2/p-2. The van der Waals surface area contributed by atoms with Crippen molar-refractivity contribution in [3.63, 3.8) is 0 Å². The average molecular weight is 424 g/mol. The molecule has 0 heterocycles. The number of aromatic hydroxyl groups is 2. The minimum atomic E-state index is -1.19. The SMILES string of the molecule is CCCc1cc(O)ccc1C(=O)[O-].CCCc1cc(O)ccc1C(=O)[O-].[Zn+2]. The molecule has 2 N–H and O–H groups in total. The third-order valence-electron chi connectivity index (χ3n) is 3.66. The van der Waals surface area contributed by atoms with Gasteiger partial charge in [0.1, 0.15) is 11.5 Å². The van der Waals surface area contributed by atoms with E-state index >= 15 is 0 Å². The molecule has 0 aliphatic heterocycles. The van der Waals surface area contributed by atoms with E-state index in [1.807, 2.05) is 13.8 Å². The molecule has 2 rings (SSSR count). The van der Waals surface area contributed by atoms with Gasteiger partial charge in [-0.3, -0.25) is 0 Å². The second kappa shape index (κ2) is 12.1. The largest absolute Gasteiger partial charge is 2.00 e. The Morgan fingerprint density at radius 3 is 1.37 bits per heavy atom. The van der Waals surface area contributed by atoms with Gasteiger partial charge < -0.3 is 30.0 Å². The number of carbonyl (C=O) groups excluding carboxylic acids is 2. The molecule has 0 bridgehead atoms. The van der Waals surface area contributed by atoms with Crippen LogP contribution in [0.25, 0.3) is 0 Å². The first-order chi connectivity index (χ1) is 12.3. The summed E-state index contributed by atoms with van der Waals surface area (Å²) >= 11 is 0. The normalized spacial score (nSPS) is 9.56. The number of hydrogen-bond acceptors (Lipinski definition) is 6. The summed E-state index contributed by atoms with van der Waals surface area (Å²) in [6, 6.07) is 8.38. The zero-order valence-electron chi connectivity index (χ0n) is 15.5. The van der Waals surface area contributed by atoms with E-state index in [2.05, 4.69) is 0 Å². The Bertz CT molecular complexity index is 708. The number of hydrogen-bond donors (Lipinski definition) is 2. The molecule has 0 atom stereocenters. The average Bonchev–Trinajstić information content (AvgIpc) is 2.55. The van der Waals surface area contributed by atoms with Crippen LogP contribution in [0.1, 0.15) is 58.5 Å². The maximum Gasteiger partial charge on any atom is 2.00 e. The molecule has 0 aliphatic rings.